The van der Waals surface area contributed by atoms with Crippen molar-refractivity contribution in [2.75, 3.05) is 20.3 Å². The van der Waals surface area contributed by atoms with Crippen molar-refractivity contribution in [3.63, 3.8) is 0 Å². The lowest BCUT2D eigenvalue weighted by atomic mass is 10.0. The molecule has 5 rings (SSSR count). The van der Waals surface area contributed by atoms with Crippen LogP contribution in [0.5, 0.6) is 11.5 Å². The van der Waals surface area contributed by atoms with E-state index in [-0.39, 0.29) is 5.75 Å². The maximum absolute atomic E-state index is 12.1. The summed E-state index contributed by atoms with van der Waals surface area (Å²) < 4.78 is 23.8. The van der Waals surface area contributed by atoms with Crippen molar-refractivity contribution in [1.82, 2.24) is 19.7 Å². The van der Waals surface area contributed by atoms with Gasteiger partial charge in [-0.25, -0.2) is 14.4 Å². The number of nitrogens with zero attached hydrogens (tertiary/aromatic N) is 4. The highest BCUT2D eigenvalue weighted by Gasteiger charge is 2.17. The molecule has 0 bridgehead atoms. The summed E-state index contributed by atoms with van der Waals surface area (Å²) in [5.74, 6) is 0.433. The average molecular weight is 436 g/mol. The lowest BCUT2D eigenvalue weighted by Gasteiger charge is -2.13. The number of rotatable bonds is 3. The first kappa shape index (κ1) is 21.7. The Morgan fingerprint density at radius 2 is 1.97 bits per heavy atom. The van der Waals surface area contributed by atoms with Crippen molar-refractivity contribution in [2.45, 2.75) is 19.0 Å². The van der Waals surface area contributed by atoms with Gasteiger partial charge < -0.3 is 14.6 Å². The third kappa shape index (κ3) is 4.70. The molecule has 7 nitrogen and oxygen atoms in total. The molecule has 1 fully saturated rings. The molecule has 3 heterocycles. The molecule has 1 saturated heterocycles. The number of aromatic hydroxyl groups is 1. The molecule has 1 unspecified atom stereocenters. The molecule has 8 heteroatoms. The maximum atomic E-state index is 12.1. The second kappa shape index (κ2) is 9.74. The Bertz CT molecular complexity index is 1190. The van der Waals surface area contributed by atoms with Crippen LogP contribution in [0.1, 0.15) is 12.8 Å². The van der Waals surface area contributed by atoms with E-state index in [0.29, 0.717) is 24.3 Å². The van der Waals surface area contributed by atoms with E-state index in [9.17, 15) is 9.50 Å². The molecule has 166 valence electrons. The third-order valence-corrected chi connectivity index (χ3v) is 5.17. The Hall–Kier alpha value is -3.52. The van der Waals surface area contributed by atoms with Crippen molar-refractivity contribution >= 4 is 10.9 Å². The lowest BCUT2D eigenvalue weighted by molar-refractivity contribution is 0.0366. The second-order valence-corrected chi connectivity index (χ2v) is 7.51. The van der Waals surface area contributed by atoms with Crippen molar-refractivity contribution in [3.05, 3.63) is 55.0 Å². The number of hydrogen-bond acceptors (Lipinski definition) is 6. The van der Waals surface area contributed by atoms with Gasteiger partial charge in [-0.3, -0.25) is 4.68 Å². The summed E-state index contributed by atoms with van der Waals surface area (Å²) in [5.41, 5.74) is 4.13. The zero-order valence-electron chi connectivity index (χ0n) is 18.0. The van der Waals surface area contributed by atoms with Crippen molar-refractivity contribution in [3.8, 4) is 34.0 Å². The van der Waals surface area contributed by atoms with Crippen LogP contribution in [0.4, 0.5) is 4.39 Å². The Morgan fingerprint density at radius 3 is 2.62 bits per heavy atom. The summed E-state index contributed by atoms with van der Waals surface area (Å²) in [4.78, 5) is 8.75. The van der Waals surface area contributed by atoms with Gasteiger partial charge in [0, 0.05) is 42.4 Å². The van der Waals surface area contributed by atoms with Gasteiger partial charge in [0.15, 0.2) is 11.5 Å². The number of aromatic nitrogens is 4. The molecular formula is C24H25FN4O3. The number of fused-ring (bicyclic) bond motifs is 1. The second-order valence-electron chi connectivity index (χ2n) is 7.51. The normalized spacial score (nSPS) is 15.8. The van der Waals surface area contributed by atoms with E-state index in [2.05, 4.69) is 15.1 Å². The van der Waals surface area contributed by atoms with E-state index in [1.807, 2.05) is 43.6 Å². The van der Waals surface area contributed by atoms with E-state index in [1.54, 1.807) is 16.8 Å². The van der Waals surface area contributed by atoms with Crippen LogP contribution in [0.15, 0.2) is 55.0 Å². The van der Waals surface area contributed by atoms with E-state index in [1.165, 1.54) is 13.4 Å². The van der Waals surface area contributed by atoms with Gasteiger partial charge in [0.25, 0.3) is 0 Å². The molecule has 0 saturated carbocycles. The van der Waals surface area contributed by atoms with Gasteiger partial charge in [-0.2, -0.15) is 5.10 Å². The van der Waals surface area contributed by atoms with E-state index < -0.39 is 6.17 Å². The van der Waals surface area contributed by atoms with Gasteiger partial charge in [-0.05, 0) is 18.9 Å². The molecule has 0 aliphatic carbocycles. The average Bonchev–Trinajstić information content (AvgIpc) is 3.21. The smallest absolute Gasteiger partial charge is 0.162 e. The van der Waals surface area contributed by atoms with Gasteiger partial charge in [-0.1, -0.05) is 30.3 Å². The Kier molecular flexibility index (Phi) is 6.61. The van der Waals surface area contributed by atoms with Crippen molar-refractivity contribution in [2.24, 2.45) is 7.05 Å². The van der Waals surface area contributed by atoms with Crippen LogP contribution >= 0.6 is 0 Å². The van der Waals surface area contributed by atoms with Crippen LogP contribution in [0.3, 0.4) is 0 Å². The molecule has 1 atom stereocenters. The molecule has 32 heavy (non-hydrogen) atoms. The molecule has 4 aromatic rings. The SMILES string of the molecule is COc1cc2ncnc(-c3cn(C)nc3-c3ccccc3)c2cc1O.FC1CCCOC1. The summed E-state index contributed by atoms with van der Waals surface area (Å²) in [7, 11) is 3.39. The zero-order valence-corrected chi connectivity index (χ0v) is 18.0. The highest BCUT2D eigenvalue weighted by molar-refractivity contribution is 5.97. The van der Waals surface area contributed by atoms with Crippen LogP contribution in [0, 0.1) is 0 Å². The first-order chi connectivity index (χ1) is 15.6. The monoisotopic (exact) mass is 436 g/mol. The molecule has 0 amide bonds. The summed E-state index contributed by atoms with van der Waals surface area (Å²) >= 11 is 0. The number of benzene rings is 2. The van der Waals surface area contributed by atoms with Crippen LogP contribution in [0.25, 0.3) is 33.4 Å². The van der Waals surface area contributed by atoms with Crippen molar-refractivity contribution in [1.29, 1.82) is 0 Å². The predicted molar refractivity (Wildman–Crippen MR) is 120 cm³/mol. The number of phenols is 1. The number of phenolic OH excluding ortho intramolecular Hbond substituents is 1. The Balaban J connectivity index is 0.000000300. The minimum Gasteiger partial charge on any atom is -0.504 e. The fraction of sp³-hybridized carbons (Fsp3) is 0.292. The molecule has 1 aliphatic heterocycles. The highest BCUT2D eigenvalue weighted by Crippen LogP contribution is 2.37. The molecule has 2 aromatic carbocycles. The summed E-state index contributed by atoms with van der Waals surface area (Å²) in [6.45, 7) is 1.07. The summed E-state index contributed by atoms with van der Waals surface area (Å²) in [6, 6.07) is 13.3. The Labute approximate surface area is 185 Å². The maximum Gasteiger partial charge on any atom is 0.162 e. The predicted octanol–water partition coefficient (Wildman–Crippen LogP) is 4.55. The topological polar surface area (TPSA) is 82.3 Å². The molecule has 1 N–H and O–H groups in total. The fourth-order valence-electron chi connectivity index (χ4n) is 3.62. The van der Waals surface area contributed by atoms with Gasteiger partial charge in [0.1, 0.15) is 18.2 Å². The molecule has 1 aliphatic rings. The quantitative estimate of drug-likeness (QED) is 0.508. The minimum absolute atomic E-state index is 0.0520. The van der Waals surface area contributed by atoms with E-state index >= 15 is 0 Å². The van der Waals surface area contributed by atoms with E-state index in [0.717, 1.165) is 40.9 Å². The van der Waals surface area contributed by atoms with Gasteiger partial charge in [0.2, 0.25) is 0 Å². The van der Waals surface area contributed by atoms with Crippen LogP contribution in [-0.4, -0.2) is 51.4 Å². The molecular weight excluding hydrogens is 411 g/mol. The van der Waals surface area contributed by atoms with Gasteiger partial charge in [0.05, 0.1) is 24.9 Å². The lowest BCUT2D eigenvalue weighted by Crippen LogP contribution is -2.17. The molecule has 0 spiro atoms. The van der Waals surface area contributed by atoms with Gasteiger partial charge in [-0.15, -0.1) is 0 Å². The number of methoxy groups -OCH3 is 1. The number of aryl methyl sites for hydroxylation is 1. The number of hydrogen-bond donors (Lipinski definition) is 1. The summed E-state index contributed by atoms with van der Waals surface area (Å²) in [6.07, 6.45) is 4.33. The summed E-state index contributed by atoms with van der Waals surface area (Å²) in [5, 5.41) is 15.5. The van der Waals surface area contributed by atoms with Crippen LogP contribution < -0.4 is 4.74 Å². The van der Waals surface area contributed by atoms with Crippen LogP contribution in [-0.2, 0) is 11.8 Å². The molecule has 0 radical (unpaired) electrons. The highest BCUT2D eigenvalue weighted by atomic mass is 19.1. The number of halogens is 1. The van der Waals surface area contributed by atoms with Crippen molar-refractivity contribution < 1.29 is 19.0 Å². The first-order valence-corrected chi connectivity index (χ1v) is 10.4. The third-order valence-electron chi connectivity index (χ3n) is 5.17. The Morgan fingerprint density at radius 1 is 1.16 bits per heavy atom. The standard InChI is InChI=1S/C19H16N4O2.C5H9FO/c1-23-10-14(18(22-23)12-6-4-3-5-7-12)19-13-8-16(24)17(25-2)9-15(13)20-11-21-19;6-5-2-1-3-7-4-5/h3-11,24H,1-2H3;5H,1-4H2. The minimum atomic E-state index is -0.686. The van der Waals surface area contributed by atoms with E-state index in [4.69, 9.17) is 9.47 Å². The first-order valence-electron chi connectivity index (χ1n) is 10.4. The number of ether oxygens (including phenoxy) is 2. The van der Waals surface area contributed by atoms with Gasteiger partial charge >= 0.3 is 0 Å². The zero-order chi connectivity index (χ0) is 22.5. The largest absolute Gasteiger partial charge is 0.504 e. The van der Waals surface area contributed by atoms with Crippen LogP contribution in [0.2, 0.25) is 0 Å². The fourth-order valence-corrected chi connectivity index (χ4v) is 3.62. The number of alkyl halides is 1. The molecule has 2 aromatic heterocycles.